The van der Waals surface area contributed by atoms with Crippen LogP contribution < -0.4 is 0 Å². The van der Waals surface area contributed by atoms with Crippen LogP contribution in [0.15, 0.2) is 97.2 Å². The third-order valence-electron chi connectivity index (χ3n) is 10.3. The lowest BCUT2D eigenvalue weighted by Gasteiger charge is -2.18. The summed E-state index contributed by atoms with van der Waals surface area (Å²) in [6, 6.07) is 0. The maximum atomic E-state index is 12.8. The van der Waals surface area contributed by atoms with Gasteiger partial charge in [0, 0.05) is 19.3 Å². The molecule has 6 heteroatoms. The highest BCUT2D eigenvalue weighted by Crippen LogP contribution is 2.13. The fourth-order valence-corrected chi connectivity index (χ4v) is 6.52. The number of unbranched alkanes of at least 4 members (excludes halogenated alkanes) is 22. The summed E-state index contributed by atoms with van der Waals surface area (Å²) in [4.78, 5) is 37.9. The quantitative estimate of drug-likeness (QED) is 0.0263. The Morgan fingerprint density at radius 3 is 1.03 bits per heavy atom. The lowest BCUT2D eigenvalue weighted by molar-refractivity contribution is -0.167. The Morgan fingerprint density at radius 2 is 0.639 bits per heavy atom. The third-order valence-corrected chi connectivity index (χ3v) is 10.3. The maximum absolute atomic E-state index is 12.8. The second-order valence-electron chi connectivity index (χ2n) is 16.2. The maximum Gasteiger partial charge on any atom is 0.306 e. The number of rotatable bonds is 43. The van der Waals surface area contributed by atoms with Gasteiger partial charge in [-0.15, -0.1) is 0 Å². The fourth-order valence-electron chi connectivity index (χ4n) is 6.52. The molecule has 346 valence electrons. The molecule has 0 saturated heterocycles. The zero-order chi connectivity index (χ0) is 44.4. The van der Waals surface area contributed by atoms with Gasteiger partial charge in [0.2, 0.25) is 0 Å². The number of hydrogen-bond acceptors (Lipinski definition) is 6. The molecule has 0 N–H and O–H groups in total. The van der Waals surface area contributed by atoms with E-state index < -0.39 is 6.10 Å². The molecule has 6 nitrogen and oxygen atoms in total. The monoisotopic (exact) mass is 847 g/mol. The van der Waals surface area contributed by atoms with Crippen LogP contribution in [-0.2, 0) is 28.6 Å². The highest BCUT2D eigenvalue weighted by molar-refractivity contribution is 5.71. The van der Waals surface area contributed by atoms with Crippen molar-refractivity contribution in [2.75, 3.05) is 13.2 Å². The van der Waals surface area contributed by atoms with E-state index in [2.05, 4.69) is 57.2 Å². The van der Waals surface area contributed by atoms with Crippen molar-refractivity contribution in [2.24, 2.45) is 0 Å². The minimum absolute atomic E-state index is 0.103. The molecule has 1 unspecified atom stereocenters. The lowest BCUT2D eigenvalue weighted by Crippen LogP contribution is -2.30. The van der Waals surface area contributed by atoms with Crippen LogP contribution in [0.2, 0.25) is 0 Å². The molecule has 0 aromatic heterocycles. The molecule has 0 radical (unpaired) electrons. The second-order valence-corrected chi connectivity index (χ2v) is 16.2. The summed E-state index contributed by atoms with van der Waals surface area (Å²) >= 11 is 0. The molecule has 0 aliphatic rings. The zero-order valence-corrected chi connectivity index (χ0v) is 39.4. The van der Waals surface area contributed by atoms with E-state index in [1.807, 2.05) is 60.8 Å². The van der Waals surface area contributed by atoms with E-state index in [1.54, 1.807) is 0 Å². The molecule has 0 bridgehead atoms. The van der Waals surface area contributed by atoms with E-state index >= 15 is 0 Å². The molecule has 0 aromatic rings. The summed E-state index contributed by atoms with van der Waals surface area (Å²) in [6.45, 7) is 6.40. The molecular formula is C55H90O6. The van der Waals surface area contributed by atoms with Gasteiger partial charge >= 0.3 is 17.9 Å². The van der Waals surface area contributed by atoms with Crippen molar-refractivity contribution >= 4 is 17.9 Å². The standard InChI is InChI=1S/C55H90O6/c1-4-7-10-13-16-19-22-24-26-28-30-31-33-36-39-42-45-48-54(57)60-51-52(50-59-53(56)47-44-41-38-35-21-18-15-12-9-6-3)61-55(58)49-46-43-40-37-34-32-29-27-25-23-20-17-14-11-8-5-2/h7,10,13,16,19,22,24,26-34,52H,4-6,8-9,11-12,14-15,17-18,20-21,23,25,35-51H2,1-3H3/b10-7-,16-13-,22-19-,26-24-,29-27-,30-28+,33-31-,34-32-. The predicted molar refractivity (Wildman–Crippen MR) is 260 cm³/mol. The van der Waals surface area contributed by atoms with Crippen LogP contribution in [-0.4, -0.2) is 37.2 Å². The average molecular weight is 847 g/mol. The minimum Gasteiger partial charge on any atom is -0.462 e. The predicted octanol–water partition coefficient (Wildman–Crippen LogP) is 16.2. The molecule has 0 aliphatic carbocycles. The number of ether oxygens (including phenoxy) is 3. The van der Waals surface area contributed by atoms with Gasteiger partial charge in [-0.05, 0) is 64.2 Å². The molecule has 0 fully saturated rings. The van der Waals surface area contributed by atoms with Gasteiger partial charge in [0.25, 0.3) is 0 Å². The van der Waals surface area contributed by atoms with E-state index in [1.165, 1.54) is 89.9 Å². The summed E-state index contributed by atoms with van der Waals surface area (Å²) in [6.07, 6.45) is 63.9. The molecule has 0 heterocycles. The van der Waals surface area contributed by atoms with Gasteiger partial charge in [-0.25, -0.2) is 0 Å². The highest BCUT2D eigenvalue weighted by atomic mass is 16.6. The van der Waals surface area contributed by atoms with Crippen molar-refractivity contribution in [1.29, 1.82) is 0 Å². The Hall–Kier alpha value is -3.67. The first-order valence-electron chi connectivity index (χ1n) is 24.8. The Balaban J connectivity index is 4.52. The van der Waals surface area contributed by atoms with Gasteiger partial charge in [0.05, 0.1) is 0 Å². The normalized spacial score (nSPS) is 12.9. The van der Waals surface area contributed by atoms with Crippen LogP contribution in [0.3, 0.4) is 0 Å². The van der Waals surface area contributed by atoms with Crippen LogP contribution in [0.25, 0.3) is 0 Å². The van der Waals surface area contributed by atoms with Crippen LogP contribution in [0.5, 0.6) is 0 Å². The second kappa shape index (κ2) is 49.0. The molecule has 0 saturated carbocycles. The summed E-state index contributed by atoms with van der Waals surface area (Å²) in [5.74, 6) is -0.981. The number of allylic oxidation sites excluding steroid dienone is 16. The summed E-state index contributed by atoms with van der Waals surface area (Å²) in [5, 5.41) is 0. The highest BCUT2D eigenvalue weighted by Gasteiger charge is 2.19. The van der Waals surface area contributed by atoms with Crippen LogP contribution >= 0.6 is 0 Å². The van der Waals surface area contributed by atoms with Gasteiger partial charge < -0.3 is 14.2 Å². The molecular weight excluding hydrogens is 757 g/mol. The number of hydrogen-bond donors (Lipinski definition) is 0. The molecule has 0 amide bonds. The number of carbonyl (C=O) groups is 3. The molecule has 0 aliphatic heterocycles. The molecule has 0 rings (SSSR count). The van der Waals surface area contributed by atoms with Gasteiger partial charge in [0.15, 0.2) is 6.10 Å². The average Bonchev–Trinajstić information content (AvgIpc) is 3.26. The van der Waals surface area contributed by atoms with Gasteiger partial charge in [0.1, 0.15) is 13.2 Å². The van der Waals surface area contributed by atoms with Crippen LogP contribution in [0.1, 0.15) is 213 Å². The van der Waals surface area contributed by atoms with E-state index in [9.17, 15) is 14.4 Å². The fraction of sp³-hybridized carbons (Fsp3) is 0.655. The molecule has 0 aromatic carbocycles. The molecule has 61 heavy (non-hydrogen) atoms. The van der Waals surface area contributed by atoms with E-state index in [0.717, 1.165) is 83.5 Å². The van der Waals surface area contributed by atoms with Gasteiger partial charge in [-0.1, -0.05) is 227 Å². The van der Waals surface area contributed by atoms with E-state index in [0.29, 0.717) is 12.8 Å². The first kappa shape index (κ1) is 57.3. The Kier molecular flexibility index (Phi) is 46.0. The SMILES string of the molecule is CC\C=C/C=C\C=C/C=C\C=C\C=C/CCCCCC(=O)OCC(COC(=O)CCCCCCCCCCCC)OC(=O)CCCCC/C=C\C=C/CCCCCCCCC. The Bertz CT molecular complexity index is 1250. The molecule has 1 atom stereocenters. The van der Waals surface area contributed by atoms with Crippen LogP contribution in [0, 0.1) is 0 Å². The van der Waals surface area contributed by atoms with Gasteiger partial charge in [-0.2, -0.15) is 0 Å². The zero-order valence-electron chi connectivity index (χ0n) is 39.4. The summed E-state index contributed by atoms with van der Waals surface area (Å²) in [5.41, 5.74) is 0. The smallest absolute Gasteiger partial charge is 0.306 e. The Labute approximate surface area is 375 Å². The van der Waals surface area contributed by atoms with E-state index in [-0.39, 0.29) is 37.5 Å². The van der Waals surface area contributed by atoms with Gasteiger partial charge in [-0.3, -0.25) is 14.4 Å². The lowest BCUT2D eigenvalue weighted by atomic mass is 10.1. The topological polar surface area (TPSA) is 78.9 Å². The number of esters is 3. The summed E-state index contributed by atoms with van der Waals surface area (Å²) < 4.78 is 16.7. The summed E-state index contributed by atoms with van der Waals surface area (Å²) in [7, 11) is 0. The minimum atomic E-state index is -0.808. The number of carbonyl (C=O) groups excluding carboxylic acids is 3. The van der Waals surface area contributed by atoms with Crippen molar-refractivity contribution in [3.05, 3.63) is 97.2 Å². The Morgan fingerprint density at radius 1 is 0.344 bits per heavy atom. The van der Waals surface area contributed by atoms with Crippen molar-refractivity contribution in [1.82, 2.24) is 0 Å². The molecule has 0 spiro atoms. The first-order valence-corrected chi connectivity index (χ1v) is 24.8. The van der Waals surface area contributed by atoms with Crippen molar-refractivity contribution in [3.63, 3.8) is 0 Å². The van der Waals surface area contributed by atoms with E-state index in [4.69, 9.17) is 14.2 Å². The third kappa shape index (κ3) is 47.2. The van der Waals surface area contributed by atoms with Crippen molar-refractivity contribution in [2.45, 2.75) is 219 Å². The largest absolute Gasteiger partial charge is 0.462 e. The van der Waals surface area contributed by atoms with Crippen molar-refractivity contribution < 1.29 is 28.6 Å². The van der Waals surface area contributed by atoms with Crippen molar-refractivity contribution in [3.8, 4) is 0 Å². The van der Waals surface area contributed by atoms with Crippen LogP contribution in [0.4, 0.5) is 0 Å². The first-order chi connectivity index (χ1) is 30.0.